The molecule has 0 spiro atoms. The minimum Gasteiger partial charge on any atom is -0.382 e. The summed E-state index contributed by atoms with van der Waals surface area (Å²) in [5, 5.41) is 7.65. The normalized spacial score (nSPS) is 16.0. The number of rotatable bonds is 7. The molecule has 4 rings (SSSR count). The highest BCUT2D eigenvalue weighted by atomic mass is 35.5. The zero-order valence-corrected chi connectivity index (χ0v) is 18.7. The Morgan fingerprint density at radius 2 is 1.88 bits per heavy atom. The molecule has 0 aliphatic carbocycles. The average molecular weight is 457 g/mol. The monoisotopic (exact) mass is 456 g/mol. The highest BCUT2D eigenvalue weighted by molar-refractivity contribution is 6.32. The maximum atomic E-state index is 13.3. The molecule has 32 heavy (non-hydrogen) atoms. The summed E-state index contributed by atoms with van der Waals surface area (Å²) in [7, 11) is 0. The van der Waals surface area contributed by atoms with Gasteiger partial charge in [0.25, 0.3) is 5.56 Å². The van der Waals surface area contributed by atoms with Crippen LogP contribution in [0, 0.1) is 11.7 Å². The lowest BCUT2D eigenvalue weighted by Gasteiger charge is -2.23. The van der Waals surface area contributed by atoms with E-state index in [9.17, 15) is 9.18 Å². The minimum atomic E-state index is -0.379. The van der Waals surface area contributed by atoms with Gasteiger partial charge in [0.15, 0.2) is 0 Å². The second-order valence-corrected chi connectivity index (χ2v) is 8.17. The predicted octanol–water partition coefficient (Wildman–Crippen LogP) is 5.02. The first-order valence-electron chi connectivity index (χ1n) is 10.8. The van der Waals surface area contributed by atoms with Gasteiger partial charge in [0, 0.05) is 31.1 Å². The van der Waals surface area contributed by atoms with Crippen molar-refractivity contribution in [1.82, 2.24) is 9.78 Å². The van der Waals surface area contributed by atoms with Crippen molar-refractivity contribution < 1.29 is 9.13 Å². The van der Waals surface area contributed by atoms with Crippen molar-refractivity contribution in [1.29, 1.82) is 0 Å². The molecule has 1 aliphatic heterocycles. The molecule has 1 aliphatic rings. The molecule has 0 bridgehead atoms. The van der Waals surface area contributed by atoms with E-state index in [0.717, 1.165) is 30.8 Å². The number of halogens is 2. The van der Waals surface area contributed by atoms with E-state index in [1.54, 1.807) is 18.3 Å². The number of aromatic nitrogens is 2. The van der Waals surface area contributed by atoms with Crippen LogP contribution in [0.3, 0.4) is 0 Å². The van der Waals surface area contributed by atoms with Gasteiger partial charge >= 0.3 is 0 Å². The molecular weight excluding hydrogens is 431 g/mol. The Bertz CT molecular complexity index is 1100. The van der Waals surface area contributed by atoms with Crippen LogP contribution in [0.25, 0.3) is 5.69 Å². The molecule has 6 nitrogen and oxygen atoms in total. The van der Waals surface area contributed by atoms with Crippen LogP contribution in [-0.4, -0.2) is 36.1 Å². The molecule has 1 saturated heterocycles. The Morgan fingerprint density at radius 3 is 2.50 bits per heavy atom. The molecule has 0 amide bonds. The van der Waals surface area contributed by atoms with Crippen LogP contribution < -0.4 is 15.8 Å². The Morgan fingerprint density at radius 1 is 1.19 bits per heavy atom. The summed E-state index contributed by atoms with van der Waals surface area (Å²) in [5.74, 6) is 0.130. The number of ether oxygens (including phenoxy) is 1. The van der Waals surface area contributed by atoms with Gasteiger partial charge in [0.1, 0.15) is 10.8 Å². The lowest BCUT2D eigenvalue weighted by Crippen LogP contribution is -2.26. The molecule has 3 aromatic rings. The fourth-order valence-corrected chi connectivity index (χ4v) is 4.07. The van der Waals surface area contributed by atoms with E-state index < -0.39 is 0 Å². The third-order valence-electron chi connectivity index (χ3n) is 5.62. The molecular formula is C24H26ClFN4O2. The van der Waals surface area contributed by atoms with Crippen LogP contribution in [-0.2, 0) is 4.74 Å². The summed E-state index contributed by atoms with van der Waals surface area (Å²) in [6.07, 6.45) is 3.72. The molecule has 8 heteroatoms. The molecule has 1 fully saturated rings. The Kier molecular flexibility index (Phi) is 7.07. The summed E-state index contributed by atoms with van der Waals surface area (Å²) in [6, 6.07) is 13.8. The van der Waals surface area contributed by atoms with Gasteiger partial charge in [-0.3, -0.25) is 4.79 Å². The van der Waals surface area contributed by atoms with Crippen molar-refractivity contribution in [2.75, 3.05) is 36.5 Å². The maximum absolute atomic E-state index is 13.3. The first-order chi connectivity index (χ1) is 15.6. The zero-order valence-electron chi connectivity index (χ0n) is 17.9. The van der Waals surface area contributed by atoms with E-state index >= 15 is 0 Å². The van der Waals surface area contributed by atoms with Gasteiger partial charge < -0.3 is 15.0 Å². The highest BCUT2D eigenvalue weighted by Gasteiger charge is 2.16. The predicted molar refractivity (Wildman–Crippen MR) is 126 cm³/mol. The van der Waals surface area contributed by atoms with Gasteiger partial charge in [0.2, 0.25) is 0 Å². The Labute approximate surface area is 191 Å². The third-order valence-corrected chi connectivity index (χ3v) is 5.98. The fraction of sp³-hybridized carbons (Fsp3) is 0.333. The fourth-order valence-electron chi connectivity index (χ4n) is 3.87. The molecule has 0 saturated carbocycles. The van der Waals surface area contributed by atoms with Crippen molar-refractivity contribution >= 4 is 28.7 Å². The first-order valence-corrected chi connectivity index (χ1v) is 11.2. The lowest BCUT2D eigenvalue weighted by atomic mass is 10.0. The zero-order chi connectivity index (χ0) is 22.5. The second kappa shape index (κ2) is 10.1. The van der Waals surface area contributed by atoms with Crippen LogP contribution in [0.15, 0.2) is 59.5 Å². The maximum Gasteiger partial charge on any atom is 0.292 e. The van der Waals surface area contributed by atoms with E-state index in [1.807, 2.05) is 36.1 Å². The van der Waals surface area contributed by atoms with Gasteiger partial charge in [0.05, 0.1) is 24.2 Å². The topological polar surface area (TPSA) is 59.4 Å². The number of nitrogens with one attached hydrogen (secondary N) is 1. The third kappa shape index (κ3) is 4.95. The van der Waals surface area contributed by atoms with Crippen molar-refractivity contribution in [2.45, 2.75) is 19.8 Å². The van der Waals surface area contributed by atoms with Crippen molar-refractivity contribution in [3.05, 3.63) is 75.9 Å². The average Bonchev–Trinajstić information content (AvgIpc) is 2.83. The van der Waals surface area contributed by atoms with E-state index in [1.165, 1.54) is 16.8 Å². The molecule has 1 atom stereocenters. The van der Waals surface area contributed by atoms with Crippen molar-refractivity contribution in [2.24, 2.45) is 5.92 Å². The number of benzene rings is 2. The van der Waals surface area contributed by atoms with E-state index in [0.29, 0.717) is 37.0 Å². The summed E-state index contributed by atoms with van der Waals surface area (Å²) in [5.41, 5.74) is 2.58. The van der Waals surface area contributed by atoms with E-state index in [4.69, 9.17) is 16.3 Å². The van der Waals surface area contributed by atoms with E-state index in [2.05, 4.69) is 10.4 Å². The smallest absolute Gasteiger partial charge is 0.292 e. The number of hydrogen-bond donors (Lipinski definition) is 1. The number of nitrogens with zero attached hydrogens (tertiary/aromatic N) is 3. The summed E-state index contributed by atoms with van der Waals surface area (Å²) < 4.78 is 20.0. The van der Waals surface area contributed by atoms with Gasteiger partial charge in [-0.05, 0) is 74.2 Å². The van der Waals surface area contributed by atoms with Crippen LogP contribution in [0.5, 0.6) is 0 Å². The molecule has 2 heterocycles. The molecule has 1 N–H and O–H groups in total. The molecule has 168 valence electrons. The summed E-state index contributed by atoms with van der Waals surface area (Å²) in [6.45, 7) is 4.95. The summed E-state index contributed by atoms with van der Waals surface area (Å²) >= 11 is 6.36. The molecule has 2 aromatic carbocycles. The van der Waals surface area contributed by atoms with Gasteiger partial charge in [-0.15, -0.1) is 0 Å². The highest BCUT2D eigenvalue weighted by Crippen LogP contribution is 2.26. The van der Waals surface area contributed by atoms with Crippen molar-refractivity contribution in [3.8, 4) is 5.69 Å². The minimum absolute atomic E-state index is 0.113. The van der Waals surface area contributed by atoms with Gasteiger partial charge in [-0.25, -0.2) is 4.39 Å². The van der Waals surface area contributed by atoms with E-state index in [-0.39, 0.29) is 16.4 Å². The summed E-state index contributed by atoms with van der Waals surface area (Å²) in [4.78, 5) is 14.9. The quantitative estimate of drug-likeness (QED) is 0.540. The van der Waals surface area contributed by atoms with Crippen LogP contribution in [0.4, 0.5) is 21.5 Å². The Balaban J connectivity index is 1.51. The largest absolute Gasteiger partial charge is 0.382 e. The van der Waals surface area contributed by atoms with Crippen molar-refractivity contribution in [3.63, 3.8) is 0 Å². The SMILES string of the molecule is CCN(c1ccc(F)cc1)c1ccc(-n2ncc(NC[C@@H]3CCCOC3)c(Cl)c2=O)cc1. The van der Waals surface area contributed by atoms with Crippen LogP contribution >= 0.6 is 11.6 Å². The molecule has 1 aromatic heterocycles. The molecule has 0 unspecified atom stereocenters. The number of anilines is 3. The first kappa shape index (κ1) is 22.3. The van der Waals surface area contributed by atoms with Crippen LogP contribution in [0.1, 0.15) is 19.8 Å². The van der Waals surface area contributed by atoms with Crippen LogP contribution in [0.2, 0.25) is 5.02 Å². The standard InChI is InChI=1S/C24H26ClFN4O2/c1-2-29(19-7-5-18(26)6-8-19)20-9-11-21(12-10-20)30-24(31)23(25)22(15-28-30)27-14-17-4-3-13-32-16-17/h5-12,15,17,27H,2-4,13-14,16H2,1H3/t17-/m0/s1. The number of hydrogen-bond acceptors (Lipinski definition) is 5. The lowest BCUT2D eigenvalue weighted by molar-refractivity contribution is 0.0595. The second-order valence-electron chi connectivity index (χ2n) is 7.79. The Hall–Kier alpha value is -2.90. The van der Waals surface area contributed by atoms with Gasteiger partial charge in [-0.2, -0.15) is 9.78 Å². The van der Waals surface area contributed by atoms with Gasteiger partial charge in [-0.1, -0.05) is 11.6 Å². The molecule has 0 radical (unpaired) electrons.